The van der Waals surface area contributed by atoms with E-state index in [4.69, 9.17) is 5.11 Å². The monoisotopic (exact) mass is 342 g/mol. The molecule has 0 saturated heterocycles. The van der Waals surface area contributed by atoms with E-state index in [1.165, 1.54) is 13.8 Å². The highest BCUT2D eigenvalue weighted by molar-refractivity contribution is 9.10. The summed E-state index contributed by atoms with van der Waals surface area (Å²) >= 11 is 3.26. The van der Waals surface area contributed by atoms with Crippen LogP contribution in [-0.2, 0) is 9.59 Å². The molecule has 3 N–H and O–H groups in total. The van der Waals surface area contributed by atoms with Gasteiger partial charge in [0.1, 0.15) is 0 Å². The van der Waals surface area contributed by atoms with Gasteiger partial charge in [-0.2, -0.15) is 0 Å². The molecule has 0 bridgehead atoms. The normalized spacial score (nSPS) is 10.8. The summed E-state index contributed by atoms with van der Waals surface area (Å²) in [4.78, 5) is 34.0. The molecule has 0 aliphatic heterocycles. The van der Waals surface area contributed by atoms with E-state index in [-0.39, 0.29) is 6.42 Å². The third-order valence-corrected chi connectivity index (χ3v) is 3.07. The Labute approximate surface area is 124 Å². The first kappa shape index (κ1) is 16.2. The second kappa shape index (κ2) is 6.51. The lowest BCUT2D eigenvalue weighted by molar-refractivity contribution is -0.149. The molecule has 3 amide bonds. The summed E-state index contributed by atoms with van der Waals surface area (Å²) in [6.07, 6.45) is -0.282. The van der Waals surface area contributed by atoms with E-state index < -0.39 is 23.3 Å². The minimum atomic E-state index is -1.22. The number of carboxylic acid groups (broad SMARTS) is 1. The van der Waals surface area contributed by atoms with E-state index in [1.54, 1.807) is 24.3 Å². The number of carboxylic acids is 1. The van der Waals surface area contributed by atoms with Crippen LogP contribution in [0.5, 0.6) is 0 Å². The number of benzene rings is 1. The number of carbonyl (C=O) groups is 3. The number of amides is 3. The lowest BCUT2D eigenvalue weighted by atomic mass is 9.89. The van der Waals surface area contributed by atoms with E-state index in [2.05, 4.69) is 26.6 Å². The topological polar surface area (TPSA) is 95.5 Å². The average molecular weight is 343 g/mol. The quantitative estimate of drug-likeness (QED) is 0.783. The second-order valence-corrected chi connectivity index (χ2v) is 5.79. The van der Waals surface area contributed by atoms with Crippen LogP contribution in [-0.4, -0.2) is 23.0 Å². The minimum Gasteiger partial charge on any atom is -0.481 e. The van der Waals surface area contributed by atoms with Gasteiger partial charge in [0.25, 0.3) is 0 Å². The van der Waals surface area contributed by atoms with Crippen LogP contribution >= 0.6 is 15.9 Å². The number of imide groups is 1. The Bertz CT molecular complexity index is 526. The Kier molecular flexibility index (Phi) is 5.26. The largest absolute Gasteiger partial charge is 0.481 e. The summed E-state index contributed by atoms with van der Waals surface area (Å²) in [6.45, 7) is 2.84. The molecule has 0 heterocycles. The number of halogens is 1. The molecule has 0 aromatic heterocycles. The molecule has 0 aliphatic rings. The number of carbonyl (C=O) groups excluding carboxylic acids is 2. The van der Waals surface area contributed by atoms with Gasteiger partial charge in [-0.1, -0.05) is 15.9 Å². The van der Waals surface area contributed by atoms with Gasteiger partial charge in [-0.05, 0) is 38.1 Å². The smallest absolute Gasteiger partial charge is 0.325 e. The maximum absolute atomic E-state index is 11.6. The molecule has 0 atom stereocenters. The third-order valence-electron chi connectivity index (χ3n) is 2.54. The maximum Gasteiger partial charge on any atom is 0.325 e. The lowest BCUT2D eigenvalue weighted by Crippen LogP contribution is -2.38. The minimum absolute atomic E-state index is 0.282. The summed E-state index contributed by atoms with van der Waals surface area (Å²) in [5.41, 5.74) is -0.696. The van der Waals surface area contributed by atoms with Crippen LogP contribution < -0.4 is 10.6 Å². The van der Waals surface area contributed by atoms with Crippen LogP contribution in [0.3, 0.4) is 0 Å². The predicted octanol–water partition coefficient (Wildman–Crippen LogP) is 2.60. The summed E-state index contributed by atoms with van der Waals surface area (Å²) in [6, 6.07) is 6.11. The van der Waals surface area contributed by atoms with Crippen LogP contribution in [0.15, 0.2) is 28.7 Å². The van der Waals surface area contributed by atoms with Crippen LogP contribution in [0.2, 0.25) is 0 Å². The van der Waals surface area contributed by atoms with Crippen molar-refractivity contribution in [2.45, 2.75) is 20.3 Å². The number of aliphatic carboxylic acids is 1. The number of hydrogen-bond acceptors (Lipinski definition) is 3. The van der Waals surface area contributed by atoms with Gasteiger partial charge in [0, 0.05) is 16.6 Å². The predicted molar refractivity (Wildman–Crippen MR) is 77.3 cm³/mol. The fraction of sp³-hybridized carbons (Fsp3) is 0.308. The first-order chi connectivity index (χ1) is 9.20. The highest BCUT2D eigenvalue weighted by Crippen LogP contribution is 2.20. The molecule has 0 aliphatic carbocycles. The molecular formula is C13H15BrN2O4. The van der Waals surface area contributed by atoms with Gasteiger partial charge in [-0.25, -0.2) is 4.79 Å². The summed E-state index contributed by atoms with van der Waals surface area (Å²) in [5.74, 6) is -1.74. The summed E-state index contributed by atoms with van der Waals surface area (Å²) in [5, 5.41) is 13.5. The van der Waals surface area contributed by atoms with Crippen LogP contribution in [0.4, 0.5) is 10.5 Å². The molecule has 0 saturated carbocycles. The van der Waals surface area contributed by atoms with E-state index in [9.17, 15) is 14.4 Å². The zero-order chi connectivity index (χ0) is 15.3. The van der Waals surface area contributed by atoms with E-state index >= 15 is 0 Å². The van der Waals surface area contributed by atoms with E-state index in [1.807, 2.05) is 0 Å². The second-order valence-electron chi connectivity index (χ2n) is 4.88. The van der Waals surface area contributed by atoms with Gasteiger partial charge < -0.3 is 10.4 Å². The van der Waals surface area contributed by atoms with Crippen molar-refractivity contribution < 1.29 is 19.5 Å². The number of rotatable bonds is 4. The van der Waals surface area contributed by atoms with E-state index in [0.717, 1.165) is 4.47 Å². The Morgan fingerprint density at radius 3 is 2.25 bits per heavy atom. The van der Waals surface area contributed by atoms with Crippen LogP contribution in [0, 0.1) is 5.41 Å². The van der Waals surface area contributed by atoms with Crippen molar-refractivity contribution in [1.29, 1.82) is 0 Å². The molecule has 1 aromatic rings. The Morgan fingerprint density at radius 1 is 1.20 bits per heavy atom. The number of anilines is 1. The molecule has 7 heteroatoms. The maximum atomic E-state index is 11.6. The summed E-state index contributed by atoms with van der Waals surface area (Å²) < 4.78 is 0.864. The van der Waals surface area contributed by atoms with Crippen molar-refractivity contribution >= 4 is 39.5 Å². The summed E-state index contributed by atoms with van der Waals surface area (Å²) in [7, 11) is 0. The van der Waals surface area contributed by atoms with Crippen molar-refractivity contribution in [3.63, 3.8) is 0 Å². The Hall–Kier alpha value is -1.89. The van der Waals surface area contributed by atoms with Gasteiger partial charge >= 0.3 is 12.0 Å². The highest BCUT2D eigenvalue weighted by atomic mass is 79.9. The van der Waals surface area contributed by atoms with Gasteiger partial charge in [0.05, 0.1) is 5.41 Å². The third kappa shape index (κ3) is 5.00. The fourth-order valence-electron chi connectivity index (χ4n) is 1.34. The van der Waals surface area contributed by atoms with Crippen molar-refractivity contribution in [3.8, 4) is 0 Å². The fourth-order valence-corrected chi connectivity index (χ4v) is 1.61. The number of hydrogen-bond donors (Lipinski definition) is 3. The first-order valence-corrected chi connectivity index (χ1v) is 6.60. The van der Waals surface area contributed by atoms with Crippen LogP contribution in [0.1, 0.15) is 20.3 Å². The average Bonchev–Trinajstić information content (AvgIpc) is 2.30. The molecule has 1 rings (SSSR count). The van der Waals surface area contributed by atoms with Gasteiger partial charge in [0.15, 0.2) is 0 Å². The number of nitrogens with one attached hydrogen (secondary N) is 2. The molecule has 20 heavy (non-hydrogen) atoms. The molecule has 0 spiro atoms. The zero-order valence-electron chi connectivity index (χ0n) is 11.1. The standard InChI is InChI=1S/C13H15BrN2O4/c1-13(2,11(18)19)7-10(17)16-12(20)15-9-5-3-8(14)4-6-9/h3-6H,7H2,1-2H3,(H,18,19)(H2,15,16,17,20). The van der Waals surface area contributed by atoms with Gasteiger partial charge in [-0.15, -0.1) is 0 Å². The Morgan fingerprint density at radius 2 is 1.75 bits per heavy atom. The van der Waals surface area contributed by atoms with Crippen molar-refractivity contribution in [3.05, 3.63) is 28.7 Å². The van der Waals surface area contributed by atoms with Crippen molar-refractivity contribution in [2.75, 3.05) is 5.32 Å². The lowest BCUT2D eigenvalue weighted by Gasteiger charge is -2.17. The van der Waals surface area contributed by atoms with Gasteiger partial charge in [-0.3, -0.25) is 14.9 Å². The van der Waals surface area contributed by atoms with Crippen molar-refractivity contribution in [1.82, 2.24) is 5.32 Å². The molecule has 0 fully saturated rings. The van der Waals surface area contributed by atoms with E-state index in [0.29, 0.717) is 5.69 Å². The van der Waals surface area contributed by atoms with Crippen LogP contribution in [0.25, 0.3) is 0 Å². The molecule has 1 aromatic carbocycles. The molecule has 108 valence electrons. The molecule has 6 nitrogen and oxygen atoms in total. The molecule has 0 unspecified atom stereocenters. The van der Waals surface area contributed by atoms with Gasteiger partial charge in [0.2, 0.25) is 5.91 Å². The molecular weight excluding hydrogens is 328 g/mol. The SMILES string of the molecule is CC(C)(CC(=O)NC(=O)Nc1ccc(Br)cc1)C(=O)O. The number of urea groups is 1. The zero-order valence-corrected chi connectivity index (χ0v) is 12.7. The van der Waals surface area contributed by atoms with Crippen molar-refractivity contribution in [2.24, 2.45) is 5.41 Å². The Balaban J connectivity index is 2.52. The first-order valence-electron chi connectivity index (χ1n) is 5.80. The highest BCUT2D eigenvalue weighted by Gasteiger charge is 2.30. The molecule has 0 radical (unpaired) electrons.